The third kappa shape index (κ3) is 1.60. The van der Waals surface area contributed by atoms with Gasteiger partial charge >= 0.3 is 0 Å². The first-order valence-electron chi connectivity index (χ1n) is 4.87. The van der Waals surface area contributed by atoms with Gasteiger partial charge in [0.15, 0.2) is 0 Å². The van der Waals surface area contributed by atoms with Crippen LogP contribution in [0.25, 0.3) is 0 Å². The van der Waals surface area contributed by atoms with Gasteiger partial charge in [-0.05, 0) is 17.9 Å². The molecule has 1 saturated carbocycles. The minimum absolute atomic E-state index is 0.267. The molecule has 0 aliphatic heterocycles. The van der Waals surface area contributed by atoms with E-state index in [0.717, 1.165) is 23.8 Å². The fraction of sp³-hybridized carbons (Fsp3) is 0.333. The largest absolute Gasteiger partial charge is 0.300 e. The molecule has 0 bridgehead atoms. The van der Waals surface area contributed by atoms with Crippen LogP contribution >= 0.6 is 0 Å². The Kier molecular flexibility index (Phi) is 2.44. The number of hydrogen-bond acceptors (Lipinski definition) is 2. The molecule has 1 aliphatic rings. The average Bonchev–Trinajstić information content (AvgIpc) is 2.65. The Morgan fingerprint density at radius 1 is 1.29 bits per heavy atom. The van der Waals surface area contributed by atoms with Gasteiger partial charge in [-0.25, -0.2) is 0 Å². The number of Topliss-reactive ketones (excluding diaryl/α,β-unsaturated/α-hetero) is 1. The van der Waals surface area contributed by atoms with Crippen molar-refractivity contribution in [2.45, 2.75) is 25.2 Å². The van der Waals surface area contributed by atoms with Gasteiger partial charge in [0.1, 0.15) is 12.1 Å². The summed E-state index contributed by atoms with van der Waals surface area (Å²) in [6.07, 6.45) is 3.03. The highest BCUT2D eigenvalue weighted by molar-refractivity contribution is 5.83. The second-order valence-corrected chi connectivity index (χ2v) is 3.73. The fourth-order valence-corrected chi connectivity index (χ4v) is 2.07. The number of carbonyl (C=O) groups excluding carboxylic acids is 2. The molecule has 1 fully saturated rings. The van der Waals surface area contributed by atoms with Gasteiger partial charge in [0.2, 0.25) is 0 Å². The van der Waals surface area contributed by atoms with E-state index in [-0.39, 0.29) is 5.92 Å². The lowest BCUT2D eigenvalue weighted by atomic mass is 9.93. The first kappa shape index (κ1) is 9.13. The zero-order valence-corrected chi connectivity index (χ0v) is 7.90. The first-order chi connectivity index (χ1) is 6.81. The van der Waals surface area contributed by atoms with Gasteiger partial charge in [-0.1, -0.05) is 24.3 Å². The van der Waals surface area contributed by atoms with Crippen molar-refractivity contribution in [3.8, 4) is 0 Å². The highest BCUT2D eigenvalue weighted by atomic mass is 16.1. The average molecular weight is 188 g/mol. The molecule has 0 radical (unpaired) electrons. The third-order valence-corrected chi connectivity index (χ3v) is 2.81. The second-order valence-electron chi connectivity index (χ2n) is 3.73. The van der Waals surface area contributed by atoms with Crippen LogP contribution in [-0.4, -0.2) is 12.1 Å². The molecule has 0 spiro atoms. The Hall–Kier alpha value is -1.44. The Labute approximate surface area is 82.9 Å². The summed E-state index contributed by atoms with van der Waals surface area (Å²) in [5.74, 6) is 0.583. The lowest BCUT2D eigenvalue weighted by Gasteiger charge is -2.10. The molecule has 1 aromatic rings. The van der Waals surface area contributed by atoms with Crippen molar-refractivity contribution in [2.75, 3.05) is 0 Å². The molecule has 1 aromatic carbocycles. The second kappa shape index (κ2) is 3.74. The van der Waals surface area contributed by atoms with Gasteiger partial charge < -0.3 is 0 Å². The normalized spacial score (nSPS) is 21.1. The minimum Gasteiger partial charge on any atom is -0.300 e. The van der Waals surface area contributed by atoms with Crippen LogP contribution in [0.5, 0.6) is 0 Å². The predicted molar refractivity (Wildman–Crippen MR) is 53.4 cm³/mol. The highest BCUT2D eigenvalue weighted by Gasteiger charge is 2.24. The maximum absolute atomic E-state index is 11.1. The maximum atomic E-state index is 11.1. The molecule has 2 nitrogen and oxygen atoms in total. The summed E-state index contributed by atoms with van der Waals surface area (Å²) >= 11 is 0. The van der Waals surface area contributed by atoms with E-state index in [4.69, 9.17) is 0 Å². The van der Waals surface area contributed by atoms with E-state index in [1.54, 1.807) is 0 Å². The van der Waals surface area contributed by atoms with Gasteiger partial charge in [-0.3, -0.25) is 9.59 Å². The SMILES string of the molecule is O=Cc1ccccc1C1CCC(=O)C1. The Morgan fingerprint density at radius 3 is 2.71 bits per heavy atom. The zero-order chi connectivity index (χ0) is 9.97. The van der Waals surface area contributed by atoms with E-state index in [1.165, 1.54) is 0 Å². The van der Waals surface area contributed by atoms with Gasteiger partial charge in [-0.2, -0.15) is 0 Å². The number of carbonyl (C=O) groups is 2. The van der Waals surface area contributed by atoms with E-state index in [9.17, 15) is 9.59 Å². The van der Waals surface area contributed by atoms with E-state index >= 15 is 0 Å². The Balaban J connectivity index is 2.31. The van der Waals surface area contributed by atoms with Crippen LogP contribution in [0.3, 0.4) is 0 Å². The summed E-state index contributed by atoms with van der Waals surface area (Å²) in [6.45, 7) is 0. The van der Waals surface area contributed by atoms with Crippen LogP contribution in [-0.2, 0) is 4.79 Å². The molecular weight excluding hydrogens is 176 g/mol. The molecule has 1 aliphatic carbocycles. The molecule has 14 heavy (non-hydrogen) atoms. The smallest absolute Gasteiger partial charge is 0.150 e. The lowest BCUT2D eigenvalue weighted by molar-refractivity contribution is -0.117. The molecule has 2 heteroatoms. The molecule has 1 atom stereocenters. The molecule has 72 valence electrons. The van der Waals surface area contributed by atoms with Crippen molar-refractivity contribution in [3.05, 3.63) is 35.4 Å². The predicted octanol–water partition coefficient (Wildman–Crippen LogP) is 2.34. The summed E-state index contributed by atoms with van der Waals surface area (Å²) in [5, 5.41) is 0. The van der Waals surface area contributed by atoms with Crippen LogP contribution in [0.4, 0.5) is 0 Å². The van der Waals surface area contributed by atoms with E-state index in [2.05, 4.69) is 0 Å². The minimum atomic E-state index is 0.267. The number of aldehydes is 1. The molecule has 0 aromatic heterocycles. The van der Waals surface area contributed by atoms with Gasteiger partial charge in [0.05, 0.1) is 0 Å². The quantitative estimate of drug-likeness (QED) is 0.667. The number of ketones is 1. The Bertz CT molecular complexity index is 368. The molecule has 0 heterocycles. The van der Waals surface area contributed by atoms with Gasteiger partial charge in [0, 0.05) is 18.4 Å². The zero-order valence-electron chi connectivity index (χ0n) is 7.90. The van der Waals surface area contributed by atoms with Crippen molar-refractivity contribution >= 4 is 12.1 Å². The van der Waals surface area contributed by atoms with E-state index in [1.807, 2.05) is 24.3 Å². The number of hydrogen-bond donors (Lipinski definition) is 0. The van der Waals surface area contributed by atoms with Crippen molar-refractivity contribution in [3.63, 3.8) is 0 Å². The Morgan fingerprint density at radius 2 is 2.07 bits per heavy atom. The van der Waals surface area contributed by atoms with Crippen LogP contribution in [0, 0.1) is 0 Å². The molecule has 2 rings (SSSR count). The fourth-order valence-electron chi connectivity index (χ4n) is 2.07. The van der Waals surface area contributed by atoms with Crippen molar-refractivity contribution in [1.29, 1.82) is 0 Å². The third-order valence-electron chi connectivity index (χ3n) is 2.81. The summed E-state index contributed by atoms with van der Waals surface area (Å²) in [4.78, 5) is 21.9. The summed E-state index contributed by atoms with van der Waals surface area (Å²) < 4.78 is 0. The number of benzene rings is 1. The van der Waals surface area contributed by atoms with Crippen molar-refractivity contribution in [2.24, 2.45) is 0 Å². The topological polar surface area (TPSA) is 34.1 Å². The standard InChI is InChI=1S/C12H12O2/c13-8-10-3-1-2-4-12(10)9-5-6-11(14)7-9/h1-4,8-9H,5-7H2. The van der Waals surface area contributed by atoms with E-state index < -0.39 is 0 Å². The molecular formula is C12H12O2. The summed E-state index contributed by atoms with van der Waals surface area (Å²) in [5.41, 5.74) is 1.76. The number of rotatable bonds is 2. The first-order valence-corrected chi connectivity index (χ1v) is 4.87. The highest BCUT2D eigenvalue weighted by Crippen LogP contribution is 2.33. The maximum Gasteiger partial charge on any atom is 0.150 e. The van der Waals surface area contributed by atoms with Crippen LogP contribution in [0.15, 0.2) is 24.3 Å². The van der Waals surface area contributed by atoms with E-state index in [0.29, 0.717) is 18.6 Å². The summed E-state index contributed by atoms with van der Waals surface area (Å²) in [6, 6.07) is 7.53. The van der Waals surface area contributed by atoms with Crippen molar-refractivity contribution < 1.29 is 9.59 Å². The van der Waals surface area contributed by atoms with Gasteiger partial charge in [-0.15, -0.1) is 0 Å². The van der Waals surface area contributed by atoms with Crippen molar-refractivity contribution in [1.82, 2.24) is 0 Å². The molecule has 1 unspecified atom stereocenters. The van der Waals surface area contributed by atoms with Crippen LogP contribution < -0.4 is 0 Å². The van der Waals surface area contributed by atoms with Crippen LogP contribution in [0.2, 0.25) is 0 Å². The van der Waals surface area contributed by atoms with Gasteiger partial charge in [0.25, 0.3) is 0 Å². The molecule has 0 amide bonds. The lowest BCUT2D eigenvalue weighted by Crippen LogP contribution is -1.98. The summed E-state index contributed by atoms with van der Waals surface area (Å²) in [7, 11) is 0. The molecule has 0 N–H and O–H groups in total. The van der Waals surface area contributed by atoms with Crippen LogP contribution in [0.1, 0.15) is 41.1 Å². The molecule has 0 saturated heterocycles. The monoisotopic (exact) mass is 188 g/mol.